The first kappa shape index (κ1) is 17.9. The maximum Gasteiger partial charge on any atom is 0.244 e. The highest BCUT2D eigenvalue weighted by Crippen LogP contribution is 2.30. The van der Waals surface area contributed by atoms with Crippen LogP contribution in [0.5, 0.6) is 0 Å². The predicted octanol–water partition coefficient (Wildman–Crippen LogP) is 1.53. The molecule has 6 nitrogen and oxygen atoms in total. The van der Waals surface area contributed by atoms with Gasteiger partial charge in [-0.1, -0.05) is 12.1 Å². The summed E-state index contributed by atoms with van der Waals surface area (Å²) in [7, 11) is -7.31. The van der Waals surface area contributed by atoms with Gasteiger partial charge in [0.2, 0.25) is 10.0 Å². The van der Waals surface area contributed by atoms with Crippen molar-refractivity contribution in [3.63, 3.8) is 0 Å². The van der Waals surface area contributed by atoms with Crippen LogP contribution in [0, 0.1) is 11.3 Å². The molecule has 0 aliphatic carbocycles. The molecule has 0 N–H and O–H groups in total. The molecule has 1 heterocycles. The molecule has 1 aliphatic heterocycles. The Morgan fingerprint density at radius 1 is 1.17 bits per heavy atom. The van der Waals surface area contributed by atoms with Crippen LogP contribution < -0.4 is 0 Å². The summed E-state index contributed by atoms with van der Waals surface area (Å²) < 4.78 is 50.7. The Labute approximate surface area is 137 Å². The second-order valence-electron chi connectivity index (χ2n) is 6.54. The van der Waals surface area contributed by atoms with Crippen molar-refractivity contribution in [1.29, 1.82) is 5.26 Å². The van der Waals surface area contributed by atoms with E-state index in [0.29, 0.717) is 0 Å². The first-order valence-corrected chi connectivity index (χ1v) is 10.2. The number of benzene rings is 1. The standard InChI is InChI=1S/C15H20N2O4S2/c1-15(2,3)22(18,19)13-8-9-17(11-13)23(20,21)14-7-5-4-6-12(14)10-16/h4-7,13H,8-9,11H2,1-3H3/t13-/m0/s1. The van der Waals surface area contributed by atoms with Crippen LogP contribution in [0.25, 0.3) is 0 Å². The van der Waals surface area contributed by atoms with E-state index in [2.05, 4.69) is 0 Å². The first-order valence-electron chi connectivity index (χ1n) is 7.24. The maximum absolute atomic E-state index is 12.7. The normalized spacial score (nSPS) is 20.3. The van der Waals surface area contributed by atoms with Crippen LogP contribution in [0.2, 0.25) is 0 Å². The summed E-state index contributed by atoms with van der Waals surface area (Å²) in [6.07, 6.45) is 0.271. The molecule has 0 amide bonds. The van der Waals surface area contributed by atoms with Gasteiger partial charge in [-0.15, -0.1) is 0 Å². The lowest BCUT2D eigenvalue weighted by atomic mass is 10.2. The second-order valence-corrected chi connectivity index (χ2v) is 11.4. The van der Waals surface area contributed by atoms with Gasteiger partial charge in [-0.05, 0) is 39.3 Å². The van der Waals surface area contributed by atoms with E-state index in [1.165, 1.54) is 12.1 Å². The zero-order valence-corrected chi connectivity index (χ0v) is 15.0. The van der Waals surface area contributed by atoms with Crippen LogP contribution in [-0.2, 0) is 19.9 Å². The van der Waals surface area contributed by atoms with E-state index in [4.69, 9.17) is 5.26 Å². The van der Waals surface area contributed by atoms with Gasteiger partial charge >= 0.3 is 0 Å². The van der Waals surface area contributed by atoms with Crippen molar-refractivity contribution in [3.05, 3.63) is 29.8 Å². The van der Waals surface area contributed by atoms with Gasteiger partial charge in [-0.25, -0.2) is 16.8 Å². The van der Waals surface area contributed by atoms with Crippen LogP contribution >= 0.6 is 0 Å². The monoisotopic (exact) mass is 356 g/mol. The fourth-order valence-corrected chi connectivity index (χ4v) is 6.12. The number of nitriles is 1. The molecule has 0 spiro atoms. The molecule has 1 atom stereocenters. The maximum atomic E-state index is 12.7. The first-order chi connectivity index (χ1) is 10.5. The molecule has 1 saturated heterocycles. The van der Waals surface area contributed by atoms with Gasteiger partial charge in [-0.3, -0.25) is 0 Å². The zero-order chi connectivity index (χ0) is 17.5. The van der Waals surface area contributed by atoms with Crippen LogP contribution in [0.4, 0.5) is 0 Å². The SMILES string of the molecule is CC(C)(C)S(=O)(=O)[C@H]1CCN(S(=O)(=O)c2ccccc2C#N)C1. The van der Waals surface area contributed by atoms with E-state index in [1.807, 2.05) is 6.07 Å². The van der Waals surface area contributed by atoms with E-state index in [-0.39, 0.29) is 30.0 Å². The number of sulfonamides is 1. The van der Waals surface area contributed by atoms with Crippen molar-refractivity contribution < 1.29 is 16.8 Å². The third-order valence-electron chi connectivity index (χ3n) is 4.03. The summed E-state index contributed by atoms with van der Waals surface area (Å²) in [5.74, 6) is 0. The average molecular weight is 356 g/mol. The minimum atomic E-state index is -3.87. The van der Waals surface area contributed by atoms with Gasteiger partial charge in [-0.2, -0.15) is 9.57 Å². The Morgan fingerprint density at radius 3 is 2.35 bits per heavy atom. The van der Waals surface area contributed by atoms with Crippen molar-refractivity contribution in [2.45, 2.75) is 42.1 Å². The van der Waals surface area contributed by atoms with Crippen LogP contribution in [0.15, 0.2) is 29.2 Å². The molecular formula is C15H20N2O4S2. The van der Waals surface area contributed by atoms with Crippen LogP contribution in [-0.4, -0.2) is 44.2 Å². The number of rotatable bonds is 3. The second kappa shape index (κ2) is 5.89. The van der Waals surface area contributed by atoms with Gasteiger partial charge in [0.05, 0.1) is 20.5 Å². The number of nitrogens with zero attached hydrogens (tertiary/aromatic N) is 2. The lowest BCUT2D eigenvalue weighted by Crippen LogP contribution is -2.39. The van der Waals surface area contributed by atoms with Gasteiger partial charge in [0.25, 0.3) is 0 Å². The third kappa shape index (κ3) is 3.13. The molecule has 2 rings (SSSR count). The number of sulfone groups is 1. The van der Waals surface area contributed by atoms with Gasteiger partial charge in [0.1, 0.15) is 6.07 Å². The molecule has 1 aromatic rings. The fourth-order valence-electron chi connectivity index (χ4n) is 2.59. The Hall–Kier alpha value is -1.43. The summed E-state index contributed by atoms with van der Waals surface area (Å²) >= 11 is 0. The van der Waals surface area contributed by atoms with Crippen molar-refractivity contribution in [1.82, 2.24) is 4.31 Å². The highest BCUT2D eigenvalue weighted by Gasteiger charge is 2.44. The number of hydrogen-bond donors (Lipinski definition) is 0. The summed E-state index contributed by atoms with van der Waals surface area (Å²) in [6, 6.07) is 7.82. The summed E-state index contributed by atoms with van der Waals surface area (Å²) in [4.78, 5) is -0.0729. The fraction of sp³-hybridized carbons (Fsp3) is 0.533. The van der Waals surface area contributed by atoms with Crippen molar-refractivity contribution in [2.75, 3.05) is 13.1 Å². The Balaban J connectivity index is 2.34. The van der Waals surface area contributed by atoms with Crippen LogP contribution in [0.3, 0.4) is 0 Å². The number of hydrogen-bond acceptors (Lipinski definition) is 5. The molecule has 0 unspecified atom stereocenters. The molecule has 126 valence electrons. The largest absolute Gasteiger partial charge is 0.244 e. The highest BCUT2D eigenvalue weighted by atomic mass is 32.2. The predicted molar refractivity (Wildman–Crippen MR) is 87.0 cm³/mol. The molecule has 0 bridgehead atoms. The lowest BCUT2D eigenvalue weighted by Gasteiger charge is -2.24. The van der Waals surface area contributed by atoms with Crippen LogP contribution in [0.1, 0.15) is 32.8 Å². The van der Waals surface area contributed by atoms with Gasteiger partial charge in [0, 0.05) is 13.1 Å². The molecule has 1 aliphatic rings. The quantitative estimate of drug-likeness (QED) is 0.818. The van der Waals surface area contributed by atoms with Gasteiger partial charge < -0.3 is 0 Å². The molecule has 1 fully saturated rings. The highest BCUT2D eigenvalue weighted by molar-refractivity contribution is 7.93. The molecule has 0 aromatic heterocycles. The zero-order valence-electron chi connectivity index (χ0n) is 13.4. The average Bonchev–Trinajstić information content (AvgIpc) is 2.97. The van der Waals surface area contributed by atoms with E-state index >= 15 is 0 Å². The Kier molecular flexibility index (Phi) is 4.59. The lowest BCUT2D eigenvalue weighted by molar-refractivity contribution is 0.475. The van der Waals surface area contributed by atoms with E-state index in [9.17, 15) is 16.8 Å². The van der Waals surface area contributed by atoms with E-state index in [0.717, 1.165) is 4.31 Å². The van der Waals surface area contributed by atoms with Crippen molar-refractivity contribution >= 4 is 19.9 Å². The summed E-state index contributed by atoms with van der Waals surface area (Å²) in [5.41, 5.74) is 0.0645. The topological polar surface area (TPSA) is 95.3 Å². The van der Waals surface area contributed by atoms with E-state index in [1.54, 1.807) is 32.9 Å². The summed E-state index contributed by atoms with van der Waals surface area (Å²) in [5, 5.41) is 8.37. The molecule has 23 heavy (non-hydrogen) atoms. The Bertz CT molecular complexity index is 846. The molecule has 1 aromatic carbocycles. The minimum Gasteiger partial charge on any atom is -0.228 e. The van der Waals surface area contributed by atoms with E-state index < -0.39 is 29.9 Å². The van der Waals surface area contributed by atoms with Crippen molar-refractivity contribution in [3.8, 4) is 6.07 Å². The minimum absolute atomic E-state index is 0.0645. The molecule has 0 radical (unpaired) electrons. The van der Waals surface area contributed by atoms with Crippen molar-refractivity contribution in [2.24, 2.45) is 0 Å². The molecular weight excluding hydrogens is 336 g/mol. The van der Waals surface area contributed by atoms with Gasteiger partial charge in [0.15, 0.2) is 9.84 Å². The molecule has 0 saturated carbocycles. The smallest absolute Gasteiger partial charge is 0.228 e. The molecule has 8 heteroatoms. The third-order valence-corrected chi connectivity index (χ3v) is 8.92. The summed E-state index contributed by atoms with van der Waals surface area (Å²) in [6.45, 7) is 4.92. The Morgan fingerprint density at radius 2 is 1.78 bits per heavy atom.